The van der Waals surface area contributed by atoms with Crippen molar-refractivity contribution >= 4 is 31.6 Å². The lowest BCUT2D eigenvalue weighted by molar-refractivity contribution is -0.123. The molecule has 0 saturated carbocycles. The Morgan fingerprint density at radius 1 is 0.898 bits per heavy atom. The molecule has 5 N–H and O–H groups in total. The first kappa shape index (κ1) is 38.0. The van der Waals surface area contributed by atoms with Gasteiger partial charge in [-0.3, -0.25) is 4.79 Å². The number of aliphatic hydroxyl groups is 1. The van der Waals surface area contributed by atoms with Crippen LogP contribution in [0.4, 0.5) is 5.69 Å². The minimum atomic E-state index is -4.06. The van der Waals surface area contributed by atoms with Crippen molar-refractivity contribution in [2.75, 3.05) is 25.4 Å². The number of amides is 1. The first-order valence-corrected chi connectivity index (χ1v) is 19.6. The largest absolute Gasteiger partial charge is 0.399 e. The lowest BCUT2D eigenvalue weighted by atomic mass is 9.77. The number of benzene rings is 3. The van der Waals surface area contributed by atoms with Gasteiger partial charge >= 0.3 is 0 Å². The molecule has 10 nitrogen and oxygen atoms in total. The van der Waals surface area contributed by atoms with E-state index in [0.717, 1.165) is 5.56 Å². The van der Waals surface area contributed by atoms with E-state index < -0.39 is 44.0 Å². The lowest BCUT2D eigenvalue weighted by Gasteiger charge is -2.33. The number of allylic oxidation sites excluding steroid dienone is 4. The van der Waals surface area contributed by atoms with Crippen LogP contribution in [0.5, 0.6) is 0 Å². The van der Waals surface area contributed by atoms with E-state index >= 15 is 0 Å². The minimum absolute atomic E-state index is 0.0144. The van der Waals surface area contributed by atoms with Crippen LogP contribution < -0.4 is 15.8 Å². The summed E-state index contributed by atoms with van der Waals surface area (Å²) in [6.45, 7) is 3.93. The van der Waals surface area contributed by atoms with Crippen molar-refractivity contribution in [1.29, 1.82) is 0 Å². The number of nitrogens with two attached hydrogens (primary N) is 1. The molecule has 0 heterocycles. The summed E-state index contributed by atoms with van der Waals surface area (Å²) in [5, 5.41) is 13.3. The molecule has 3 aromatic carbocycles. The van der Waals surface area contributed by atoms with Crippen molar-refractivity contribution in [2.24, 2.45) is 11.8 Å². The number of carbonyl (C=O) groups excluding carboxylic acids is 1. The van der Waals surface area contributed by atoms with Crippen LogP contribution in [-0.4, -0.2) is 63.9 Å². The van der Waals surface area contributed by atoms with Gasteiger partial charge < -0.3 is 16.2 Å². The molecule has 12 heteroatoms. The van der Waals surface area contributed by atoms with Gasteiger partial charge in [0.1, 0.15) is 6.04 Å². The summed E-state index contributed by atoms with van der Waals surface area (Å²) in [6.07, 6.45) is 9.86. The van der Waals surface area contributed by atoms with E-state index in [1.54, 1.807) is 18.2 Å². The van der Waals surface area contributed by atoms with Crippen LogP contribution in [0.1, 0.15) is 51.0 Å². The summed E-state index contributed by atoms with van der Waals surface area (Å²) in [6, 6.07) is 21.6. The minimum Gasteiger partial charge on any atom is -0.399 e. The van der Waals surface area contributed by atoms with Crippen LogP contribution in [-0.2, 0) is 24.8 Å². The number of nitrogens with zero attached hydrogens (tertiary/aromatic N) is 1. The Labute approximate surface area is 291 Å². The van der Waals surface area contributed by atoms with Crippen LogP contribution in [0, 0.1) is 11.8 Å². The zero-order valence-corrected chi connectivity index (χ0v) is 29.7. The van der Waals surface area contributed by atoms with Crippen LogP contribution in [0.3, 0.4) is 0 Å². The molecule has 0 aromatic heterocycles. The topological polar surface area (TPSA) is 159 Å². The maximum absolute atomic E-state index is 14.0. The van der Waals surface area contributed by atoms with Gasteiger partial charge in [-0.2, -0.15) is 9.03 Å². The molecule has 1 amide bonds. The maximum atomic E-state index is 14.0. The van der Waals surface area contributed by atoms with Crippen molar-refractivity contribution in [3.05, 3.63) is 115 Å². The number of rotatable bonds is 18. The normalized spacial score (nSPS) is 16.8. The van der Waals surface area contributed by atoms with Crippen LogP contribution in [0.15, 0.2) is 119 Å². The highest BCUT2D eigenvalue weighted by molar-refractivity contribution is 7.89. The van der Waals surface area contributed by atoms with Gasteiger partial charge in [0.2, 0.25) is 26.0 Å². The van der Waals surface area contributed by atoms with E-state index in [-0.39, 0.29) is 41.3 Å². The molecule has 0 saturated heterocycles. The third kappa shape index (κ3) is 10.3. The van der Waals surface area contributed by atoms with Gasteiger partial charge in [0, 0.05) is 30.7 Å². The van der Waals surface area contributed by atoms with E-state index in [1.165, 1.54) is 40.7 Å². The van der Waals surface area contributed by atoms with Gasteiger partial charge in [-0.25, -0.2) is 16.8 Å². The molecule has 0 spiro atoms. The zero-order chi connectivity index (χ0) is 35.4. The number of hydrogen-bond donors (Lipinski definition) is 4. The number of nitrogens with one attached hydrogen (secondary N) is 2. The molecular formula is C37H48N4O6S2. The molecule has 0 aliphatic heterocycles. The van der Waals surface area contributed by atoms with E-state index in [4.69, 9.17) is 5.73 Å². The fourth-order valence-electron chi connectivity index (χ4n) is 6.08. The molecule has 2 unspecified atom stereocenters. The summed E-state index contributed by atoms with van der Waals surface area (Å²) in [5.41, 5.74) is 7.06. The third-order valence-corrected chi connectivity index (χ3v) is 11.9. The molecule has 1 aliphatic rings. The second kappa shape index (κ2) is 17.7. The molecule has 4 rings (SSSR count). The summed E-state index contributed by atoms with van der Waals surface area (Å²) >= 11 is 0. The number of aliphatic hydroxyl groups excluding tert-OH is 1. The predicted molar refractivity (Wildman–Crippen MR) is 193 cm³/mol. The number of hydrogen-bond acceptors (Lipinski definition) is 7. The monoisotopic (exact) mass is 708 g/mol. The first-order chi connectivity index (χ1) is 23.4. The fraction of sp³-hybridized carbons (Fsp3) is 0.378. The summed E-state index contributed by atoms with van der Waals surface area (Å²) in [7, 11) is -7.96. The highest BCUT2D eigenvalue weighted by atomic mass is 32.2. The average Bonchev–Trinajstić information content (AvgIpc) is 3.10. The molecule has 49 heavy (non-hydrogen) atoms. The van der Waals surface area contributed by atoms with E-state index in [0.29, 0.717) is 31.4 Å². The molecule has 264 valence electrons. The van der Waals surface area contributed by atoms with Crippen molar-refractivity contribution in [3.8, 4) is 0 Å². The third-order valence-electron chi connectivity index (χ3n) is 8.55. The molecule has 0 fully saturated rings. The average molecular weight is 709 g/mol. The number of sulfonamides is 2. The first-order valence-electron chi connectivity index (χ1n) is 16.7. The summed E-state index contributed by atoms with van der Waals surface area (Å²) in [4.78, 5) is 14.2. The molecule has 0 bridgehead atoms. The van der Waals surface area contributed by atoms with Gasteiger partial charge in [-0.1, -0.05) is 93.1 Å². The Hall–Kier alpha value is -3.81. The molecular weight excluding hydrogens is 661 g/mol. The van der Waals surface area contributed by atoms with E-state index in [2.05, 4.69) is 10.0 Å². The highest BCUT2D eigenvalue weighted by Crippen LogP contribution is 2.34. The van der Waals surface area contributed by atoms with Gasteiger partial charge in [0.05, 0.1) is 16.4 Å². The lowest BCUT2D eigenvalue weighted by Crippen LogP contribution is -2.51. The highest BCUT2D eigenvalue weighted by Gasteiger charge is 2.38. The second-order valence-electron chi connectivity index (χ2n) is 12.7. The molecule has 4 atom stereocenters. The van der Waals surface area contributed by atoms with Crippen molar-refractivity contribution in [1.82, 2.24) is 14.3 Å². The number of carbonyl (C=O) groups is 1. The second-order valence-corrected chi connectivity index (χ2v) is 16.3. The van der Waals surface area contributed by atoms with E-state index in [1.807, 2.05) is 68.5 Å². The van der Waals surface area contributed by atoms with Crippen molar-refractivity contribution in [2.45, 2.75) is 67.3 Å². The SMILES string of the molecule is CC(C)CN([C@H](CO)CCCCNC(=O)[C@@H](NS(=O)(=O)c1ccccc1)C(c1ccccc1)C1C=CC=CC1)S(=O)(=O)c1ccc(N)cc1. The standard InChI is InChI=1S/C37H48N4O6S2/c1-28(2)26-41(49(46,47)34-23-21-31(38)22-24-34)32(27-42)18-12-13-25-39-37(43)36(40-48(44,45)33-19-10-5-11-20-33)35(29-14-6-3-7-15-29)30-16-8-4-9-17-30/h3-11,14-16,19-24,28,30,32,35-36,40,42H,12-13,17-18,25-27,38H2,1-2H3,(H,39,43)/t30?,32-,35?,36-/m0/s1. The number of unbranched alkanes of at least 4 members (excludes halogenated alkanes) is 1. The van der Waals surface area contributed by atoms with Crippen LogP contribution in [0.2, 0.25) is 0 Å². The Balaban J connectivity index is 1.49. The van der Waals surface area contributed by atoms with Gasteiger partial charge in [0.15, 0.2) is 0 Å². The Kier molecular flexibility index (Phi) is 13.7. The van der Waals surface area contributed by atoms with Crippen LogP contribution >= 0.6 is 0 Å². The van der Waals surface area contributed by atoms with Crippen molar-refractivity contribution < 1.29 is 26.7 Å². The number of nitrogen functional groups attached to an aromatic ring is 1. The van der Waals surface area contributed by atoms with Gasteiger partial charge in [-0.05, 0) is 73.1 Å². The predicted octanol–water partition coefficient (Wildman–Crippen LogP) is 4.83. The molecule has 0 radical (unpaired) electrons. The zero-order valence-electron chi connectivity index (χ0n) is 28.1. The molecule has 3 aromatic rings. The Bertz CT molecular complexity index is 1760. The molecule has 1 aliphatic carbocycles. The fourth-order valence-corrected chi connectivity index (χ4v) is 9.13. The van der Waals surface area contributed by atoms with Gasteiger partial charge in [-0.15, -0.1) is 0 Å². The quantitative estimate of drug-likeness (QED) is 0.109. The number of anilines is 1. The summed E-state index contributed by atoms with van der Waals surface area (Å²) < 4.78 is 58.5. The summed E-state index contributed by atoms with van der Waals surface area (Å²) in [5.74, 6) is -1.08. The van der Waals surface area contributed by atoms with Crippen molar-refractivity contribution in [3.63, 3.8) is 0 Å². The Morgan fingerprint density at radius 3 is 2.14 bits per heavy atom. The van der Waals surface area contributed by atoms with Gasteiger partial charge in [0.25, 0.3) is 0 Å². The van der Waals surface area contributed by atoms with Crippen LogP contribution in [0.25, 0.3) is 0 Å². The smallest absolute Gasteiger partial charge is 0.243 e. The maximum Gasteiger partial charge on any atom is 0.243 e. The Morgan fingerprint density at radius 2 is 1.55 bits per heavy atom. The van der Waals surface area contributed by atoms with E-state index in [9.17, 15) is 26.7 Å².